The maximum absolute atomic E-state index is 11.4. The molecule has 1 saturated heterocycles. The number of benzene rings is 1. The highest BCUT2D eigenvalue weighted by atomic mass is 32.2. The van der Waals surface area contributed by atoms with Gasteiger partial charge < -0.3 is 15.3 Å². The molecule has 0 saturated carbocycles. The van der Waals surface area contributed by atoms with Crippen molar-refractivity contribution in [1.29, 1.82) is 0 Å². The lowest BCUT2D eigenvalue weighted by molar-refractivity contribution is 0.208. The molecule has 4 N–H and O–H groups in total. The Bertz CT molecular complexity index is 859. The van der Waals surface area contributed by atoms with Gasteiger partial charge in [0, 0.05) is 32.3 Å². The number of hydrogen-bond acceptors (Lipinski definition) is 7. The first-order valence-electron chi connectivity index (χ1n) is 8.49. The number of aliphatic hydroxyl groups is 1. The summed E-state index contributed by atoms with van der Waals surface area (Å²) in [6.07, 6.45) is 3.56. The van der Waals surface area contributed by atoms with Gasteiger partial charge in [0.2, 0.25) is 10.0 Å². The summed E-state index contributed by atoms with van der Waals surface area (Å²) in [4.78, 5) is 10.8. The van der Waals surface area contributed by atoms with Crippen LogP contribution in [0.1, 0.15) is 18.4 Å². The number of nitrogens with one attached hydrogen (secondary N) is 1. The van der Waals surface area contributed by atoms with E-state index in [1.165, 1.54) is 12.4 Å². The number of anilines is 2. The lowest BCUT2D eigenvalue weighted by atomic mass is 9.99. The van der Waals surface area contributed by atoms with Gasteiger partial charge in [-0.15, -0.1) is 0 Å². The molecule has 1 unspecified atom stereocenters. The summed E-state index contributed by atoms with van der Waals surface area (Å²) in [5, 5.41) is 17.7. The van der Waals surface area contributed by atoms with E-state index in [0.717, 1.165) is 37.3 Å². The zero-order valence-corrected chi connectivity index (χ0v) is 15.2. The molecule has 8 nitrogen and oxygen atoms in total. The molecular formula is C17H23N5O3S. The smallest absolute Gasteiger partial charge is 0.238 e. The molecule has 0 spiro atoms. The Morgan fingerprint density at radius 1 is 1.31 bits per heavy atom. The number of piperidine rings is 1. The molecule has 0 radical (unpaired) electrons. The van der Waals surface area contributed by atoms with Crippen LogP contribution in [-0.4, -0.2) is 43.2 Å². The molecular weight excluding hydrogens is 354 g/mol. The minimum atomic E-state index is -3.72. The molecule has 1 aliphatic rings. The number of rotatable bonds is 6. The van der Waals surface area contributed by atoms with Crippen molar-refractivity contribution in [3.05, 3.63) is 42.2 Å². The second-order valence-corrected chi connectivity index (χ2v) is 8.01. The standard InChI is InChI=1S/C17H23N5O3S/c18-26(24,25)15-5-1-3-13(7-15)9-19-16-8-17(21-12-20-16)22-6-2-4-14(10-22)11-23/h1,3,5,7-8,12,14,23H,2,4,6,9-11H2,(H2,18,24,25)(H,19,20,21). The molecule has 3 rings (SSSR count). The third kappa shape index (κ3) is 4.69. The van der Waals surface area contributed by atoms with Gasteiger partial charge in [-0.3, -0.25) is 0 Å². The Labute approximate surface area is 153 Å². The average Bonchev–Trinajstić information content (AvgIpc) is 2.66. The van der Waals surface area contributed by atoms with Crippen LogP contribution in [0.3, 0.4) is 0 Å². The number of hydrogen-bond donors (Lipinski definition) is 3. The number of primary sulfonamides is 1. The monoisotopic (exact) mass is 377 g/mol. The highest BCUT2D eigenvalue weighted by Gasteiger charge is 2.20. The zero-order chi connectivity index (χ0) is 18.6. The van der Waals surface area contributed by atoms with Crippen molar-refractivity contribution in [2.75, 3.05) is 29.9 Å². The van der Waals surface area contributed by atoms with Crippen molar-refractivity contribution in [2.45, 2.75) is 24.3 Å². The van der Waals surface area contributed by atoms with Crippen LogP contribution in [0.4, 0.5) is 11.6 Å². The molecule has 1 aromatic carbocycles. The number of nitrogens with zero attached hydrogens (tertiary/aromatic N) is 3. The molecule has 9 heteroatoms. The van der Waals surface area contributed by atoms with Crippen LogP contribution in [0.15, 0.2) is 41.6 Å². The van der Waals surface area contributed by atoms with E-state index in [-0.39, 0.29) is 17.4 Å². The summed E-state index contributed by atoms with van der Waals surface area (Å²) in [6, 6.07) is 8.35. The summed E-state index contributed by atoms with van der Waals surface area (Å²) in [5.74, 6) is 1.75. The van der Waals surface area contributed by atoms with Gasteiger partial charge in [-0.1, -0.05) is 12.1 Å². The fourth-order valence-electron chi connectivity index (χ4n) is 3.06. The molecule has 1 aromatic heterocycles. The van der Waals surface area contributed by atoms with Gasteiger partial charge in [-0.05, 0) is 36.5 Å². The van der Waals surface area contributed by atoms with Crippen LogP contribution in [0.25, 0.3) is 0 Å². The SMILES string of the molecule is NS(=O)(=O)c1cccc(CNc2cc(N3CCCC(CO)C3)ncn2)c1. The van der Waals surface area contributed by atoms with E-state index in [2.05, 4.69) is 20.2 Å². The van der Waals surface area contributed by atoms with Crippen molar-refractivity contribution < 1.29 is 13.5 Å². The fraction of sp³-hybridized carbons (Fsp3) is 0.412. The van der Waals surface area contributed by atoms with Gasteiger partial charge in [0.25, 0.3) is 0 Å². The lowest BCUT2D eigenvalue weighted by Crippen LogP contribution is -2.37. The van der Waals surface area contributed by atoms with Crippen molar-refractivity contribution in [2.24, 2.45) is 11.1 Å². The lowest BCUT2D eigenvalue weighted by Gasteiger charge is -2.32. The predicted octanol–water partition coefficient (Wildman–Crippen LogP) is 0.945. The second-order valence-electron chi connectivity index (χ2n) is 6.44. The van der Waals surface area contributed by atoms with E-state index in [4.69, 9.17) is 5.14 Å². The summed E-state index contributed by atoms with van der Waals surface area (Å²) in [6.45, 7) is 2.29. The molecule has 0 bridgehead atoms. The normalized spacial score (nSPS) is 17.9. The number of aromatic nitrogens is 2. The quantitative estimate of drug-likeness (QED) is 0.685. The Balaban J connectivity index is 1.68. The predicted molar refractivity (Wildman–Crippen MR) is 99.2 cm³/mol. The van der Waals surface area contributed by atoms with E-state index in [9.17, 15) is 13.5 Å². The third-order valence-electron chi connectivity index (χ3n) is 4.45. The van der Waals surface area contributed by atoms with E-state index in [1.807, 2.05) is 12.1 Å². The first kappa shape index (κ1) is 18.6. The van der Waals surface area contributed by atoms with Crippen LogP contribution >= 0.6 is 0 Å². The largest absolute Gasteiger partial charge is 0.396 e. The van der Waals surface area contributed by atoms with Crippen molar-refractivity contribution >= 4 is 21.7 Å². The maximum Gasteiger partial charge on any atom is 0.238 e. The van der Waals surface area contributed by atoms with E-state index < -0.39 is 10.0 Å². The average molecular weight is 377 g/mol. The molecule has 2 aromatic rings. The van der Waals surface area contributed by atoms with Crippen molar-refractivity contribution in [3.63, 3.8) is 0 Å². The van der Waals surface area contributed by atoms with E-state index in [0.29, 0.717) is 12.4 Å². The summed E-state index contributed by atoms with van der Waals surface area (Å²) in [5.41, 5.74) is 0.787. The third-order valence-corrected chi connectivity index (χ3v) is 5.37. The first-order chi connectivity index (χ1) is 12.5. The molecule has 1 fully saturated rings. The second kappa shape index (κ2) is 7.98. The number of sulfonamides is 1. The Morgan fingerprint density at radius 3 is 2.92 bits per heavy atom. The summed E-state index contributed by atoms with van der Waals surface area (Å²) < 4.78 is 22.9. The van der Waals surface area contributed by atoms with E-state index in [1.54, 1.807) is 12.1 Å². The van der Waals surface area contributed by atoms with Gasteiger partial charge in [-0.2, -0.15) is 0 Å². The molecule has 26 heavy (non-hydrogen) atoms. The van der Waals surface area contributed by atoms with Crippen LogP contribution in [-0.2, 0) is 16.6 Å². The molecule has 0 aliphatic carbocycles. The highest BCUT2D eigenvalue weighted by molar-refractivity contribution is 7.89. The van der Waals surface area contributed by atoms with Gasteiger partial charge in [0.1, 0.15) is 18.0 Å². The van der Waals surface area contributed by atoms with Gasteiger partial charge in [-0.25, -0.2) is 23.5 Å². The maximum atomic E-state index is 11.4. The first-order valence-corrected chi connectivity index (χ1v) is 10.0. The van der Waals surface area contributed by atoms with E-state index >= 15 is 0 Å². The highest BCUT2D eigenvalue weighted by Crippen LogP contribution is 2.22. The molecule has 1 atom stereocenters. The fourth-order valence-corrected chi connectivity index (χ4v) is 3.65. The molecule has 0 amide bonds. The van der Waals surface area contributed by atoms with Crippen LogP contribution in [0, 0.1) is 5.92 Å². The van der Waals surface area contributed by atoms with Gasteiger partial charge in [0.05, 0.1) is 4.90 Å². The number of nitrogens with two attached hydrogens (primary N) is 1. The molecule has 140 valence electrons. The number of aliphatic hydroxyl groups excluding tert-OH is 1. The van der Waals surface area contributed by atoms with Crippen molar-refractivity contribution in [3.8, 4) is 0 Å². The molecule has 1 aliphatic heterocycles. The topological polar surface area (TPSA) is 121 Å². The van der Waals surface area contributed by atoms with Crippen LogP contribution in [0.5, 0.6) is 0 Å². The minimum absolute atomic E-state index is 0.0866. The minimum Gasteiger partial charge on any atom is -0.396 e. The van der Waals surface area contributed by atoms with Crippen molar-refractivity contribution in [1.82, 2.24) is 9.97 Å². The van der Waals surface area contributed by atoms with Crippen LogP contribution in [0.2, 0.25) is 0 Å². The Kier molecular flexibility index (Phi) is 5.70. The van der Waals surface area contributed by atoms with Gasteiger partial charge in [0.15, 0.2) is 0 Å². The Hall–Kier alpha value is -2.23. The van der Waals surface area contributed by atoms with Crippen LogP contribution < -0.4 is 15.4 Å². The molecule has 2 heterocycles. The summed E-state index contributed by atoms with van der Waals surface area (Å²) in [7, 11) is -3.72. The Morgan fingerprint density at radius 2 is 2.15 bits per heavy atom. The van der Waals surface area contributed by atoms with Gasteiger partial charge >= 0.3 is 0 Å². The summed E-state index contributed by atoms with van der Waals surface area (Å²) >= 11 is 0. The zero-order valence-electron chi connectivity index (χ0n) is 14.4.